The number of aliphatic hydroxyl groups excluding tert-OH is 1. The molecule has 1 aliphatic rings. The molecule has 7 heteroatoms. The van der Waals surface area contributed by atoms with Crippen LogP contribution in [0.25, 0.3) is 0 Å². The summed E-state index contributed by atoms with van der Waals surface area (Å²) in [5.41, 5.74) is -0.642. The molecule has 1 fully saturated rings. The number of rotatable bonds is 3. The van der Waals surface area contributed by atoms with E-state index in [-0.39, 0.29) is 0 Å². The molecule has 1 aromatic rings. The zero-order valence-electron chi connectivity index (χ0n) is 10.0. The normalized spacial score (nSPS) is 23.1. The molecule has 104 valence electrons. The van der Waals surface area contributed by atoms with E-state index in [9.17, 15) is 24.0 Å². The predicted molar refractivity (Wildman–Crippen MR) is 61.9 cm³/mol. The van der Waals surface area contributed by atoms with Crippen LogP contribution in [0.15, 0.2) is 12.1 Å². The summed E-state index contributed by atoms with van der Waals surface area (Å²) in [7, 11) is 0. The first kappa shape index (κ1) is 13.7. The van der Waals surface area contributed by atoms with Crippen LogP contribution in [0.5, 0.6) is 5.75 Å². The summed E-state index contributed by atoms with van der Waals surface area (Å²) < 4.78 is 31.9. The summed E-state index contributed by atoms with van der Waals surface area (Å²) >= 11 is 0. The van der Waals surface area contributed by atoms with Gasteiger partial charge in [0, 0.05) is 6.07 Å². The van der Waals surface area contributed by atoms with Gasteiger partial charge in [0.2, 0.25) is 11.6 Å². The van der Waals surface area contributed by atoms with Crippen molar-refractivity contribution in [1.29, 1.82) is 0 Å². The van der Waals surface area contributed by atoms with E-state index in [1.165, 1.54) is 0 Å². The summed E-state index contributed by atoms with van der Waals surface area (Å²) in [6, 6.07) is 1.53. The van der Waals surface area contributed by atoms with E-state index in [1.807, 2.05) is 0 Å². The number of aliphatic hydroxyl groups is 1. The van der Waals surface area contributed by atoms with Crippen LogP contribution in [-0.4, -0.2) is 22.2 Å². The molecule has 0 radical (unpaired) electrons. The minimum Gasteiger partial charge on any atom is -0.479 e. The van der Waals surface area contributed by atoms with Crippen molar-refractivity contribution in [2.75, 3.05) is 0 Å². The number of halogens is 2. The fourth-order valence-corrected chi connectivity index (χ4v) is 2.14. The van der Waals surface area contributed by atoms with Crippen molar-refractivity contribution in [3.63, 3.8) is 0 Å². The molecule has 2 atom stereocenters. The molecule has 0 amide bonds. The maximum absolute atomic E-state index is 13.6. The van der Waals surface area contributed by atoms with Gasteiger partial charge in [0.15, 0.2) is 5.82 Å². The lowest BCUT2D eigenvalue weighted by atomic mass is 9.95. The highest BCUT2D eigenvalue weighted by Gasteiger charge is 2.30. The van der Waals surface area contributed by atoms with E-state index in [0.29, 0.717) is 18.9 Å². The fraction of sp³-hybridized carbons (Fsp3) is 0.500. The molecule has 2 rings (SSSR count). The number of ether oxygens (including phenoxy) is 1. The van der Waals surface area contributed by atoms with Crippen LogP contribution in [-0.2, 0) is 0 Å². The number of nitro benzene ring substituents is 1. The largest absolute Gasteiger partial charge is 0.479 e. The molecule has 1 saturated carbocycles. The Balaban J connectivity index is 2.32. The van der Waals surface area contributed by atoms with Gasteiger partial charge in [-0.3, -0.25) is 10.1 Å². The van der Waals surface area contributed by atoms with Crippen LogP contribution >= 0.6 is 0 Å². The van der Waals surface area contributed by atoms with Crippen LogP contribution < -0.4 is 4.74 Å². The second-order valence-electron chi connectivity index (χ2n) is 4.47. The second-order valence-corrected chi connectivity index (χ2v) is 4.47. The molecular weight excluding hydrogens is 260 g/mol. The van der Waals surface area contributed by atoms with Gasteiger partial charge in [0.05, 0.1) is 11.0 Å². The topological polar surface area (TPSA) is 72.6 Å². The molecule has 0 aromatic heterocycles. The Labute approximate surface area is 108 Å². The van der Waals surface area contributed by atoms with E-state index in [2.05, 4.69) is 0 Å². The fourth-order valence-electron chi connectivity index (χ4n) is 2.14. The van der Waals surface area contributed by atoms with Gasteiger partial charge in [-0.1, -0.05) is 6.42 Å². The molecule has 1 aromatic carbocycles. The molecule has 1 N–H and O–H groups in total. The molecule has 0 heterocycles. The summed E-state index contributed by atoms with van der Waals surface area (Å²) in [5, 5.41) is 20.5. The van der Waals surface area contributed by atoms with Crippen LogP contribution in [0.1, 0.15) is 25.7 Å². The van der Waals surface area contributed by atoms with E-state index < -0.39 is 40.2 Å². The Morgan fingerprint density at radius 1 is 1.32 bits per heavy atom. The standard InChI is InChI=1S/C12H13F2NO4/c13-7-5-6-8(15(17)18)12(11(7)14)19-10-4-2-1-3-9(10)16/h5-6,9-10,16H,1-4H2. The van der Waals surface area contributed by atoms with Crippen LogP contribution in [0.3, 0.4) is 0 Å². The molecular formula is C12H13F2NO4. The number of hydrogen-bond acceptors (Lipinski definition) is 4. The quantitative estimate of drug-likeness (QED) is 0.678. The van der Waals surface area contributed by atoms with Crippen molar-refractivity contribution in [3.8, 4) is 5.75 Å². The van der Waals surface area contributed by atoms with Crippen LogP contribution in [0, 0.1) is 21.7 Å². The summed E-state index contributed by atoms with van der Waals surface area (Å²) in [6.07, 6.45) is 0.949. The SMILES string of the molecule is O=[N+]([O-])c1ccc(F)c(F)c1OC1CCCCC1O. The molecule has 5 nitrogen and oxygen atoms in total. The molecule has 0 aliphatic heterocycles. The lowest BCUT2D eigenvalue weighted by Crippen LogP contribution is -2.35. The minimum absolute atomic E-state index is 0.453. The van der Waals surface area contributed by atoms with Gasteiger partial charge in [-0.25, -0.2) is 4.39 Å². The Hall–Kier alpha value is -1.76. The number of benzene rings is 1. The van der Waals surface area contributed by atoms with Gasteiger partial charge in [0.25, 0.3) is 0 Å². The Bertz CT molecular complexity index is 495. The highest BCUT2D eigenvalue weighted by Crippen LogP contribution is 2.34. The molecule has 2 unspecified atom stereocenters. The summed E-state index contributed by atoms with van der Waals surface area (Å²) in [6.45, 7) is 0. The van der Waals surface area contributed by atoms with Gasteiger partial charge in [0.1, 0.15) is 6.10 Å². The Morgan fingerprint density at radius 3 is 2.63 bits per heavy atom. The third-order valence-corrected chi connectivity index (χ3v) is 3.16. The van der Waals surface area contributed by atoms with Gasteiger partial charge in [-0.2, -0.15) is 4.39 Å². The van der Waals surface area contributed by atoms with E-state index in [1.54, 1.807) is 0 Å². The number of nitro groups is 1. The molecule has 0 spiro atoms. The van der Waals surface area contributed by atoms with E-state index >= 15 is 0 Å². The second kappa shape index (κ2) is 5.48. The first-order valence-corrected chi connectivity index (χ1v) is 5.98. The smallest absolute Gasteiger partial charge is 0.314 e. The van der Waals surface area contributed by atoms with Crippen molar-refractivity contribution < 1.29 is 23.5 Å². The van der Waals surface area contributed by atoms with Crippen molar-refractivity contribution in [2.24, 2.45) is 0 Å². The average molecular weight is 273 g/mol. The van der Waals surface area contributed by atoms with Crippen molar-refractivity contribution in [1.82, 2.24) is 0 Å². The maximum Gasteiger partial charge on any atom is 0.314 e. The maximum atomic E-state index is 13.6. The molecule has 0 bridgehead atoms. The lowest BCUT2D eigenvalue weighted by molar-refractivity contribution is -0.386. The highest BCUT2D eigenvalue weighted by atomic mass is 19.2. The third-order valence-electron chi connectivity index (χ3n) is 3.16. The molecule has 1 aliphatic carbocycles. The van der Waals surface area contributed by atoms with Gasteiger partial charge in [-0.05, 0) is 25.3 Å². The van der Waals surface area contributed by atoms with Crippen molar-refractivity contribution in [3.05, 3.63) is 33.9 Å². The van der Waals surface area contributed by atoms with Crippen LogP contribution in [0.2, 0.25) is 0 Å². The Kier molecular flexibility index (Phi) is 3.94. The van der Waals surface area contributed by atoms with Crippen LogP contribution in [0.4, 0.5) is 14.5 Å². The lowest BCUT2D eigenvalue weighted by Gasteiger charge is -2.28. The highest BCUT2D eigenvalue weighted by molar-refractivity contribution is 5.47. The Morgan fingerprint density at radius 2 is 2.00 bits per heavy atom. The monoisotopic (exact) mass is 273 g/mol. The van der Waals surface area contributed by atoms with Gasteiger partial charge < -0.3 is 9.84 Å². The summed E-state index contributed by atoms with van der Waals surface area (Å²) in [5.74, 6) is -3.35. The first-order valence-electron chi connectivity index (χ1n) is 5.98. The average Bonchev–Trinajstić information content (AvgIpc) is 2.37. The molecule has 0 saturated heterocycles. The van der Waals surface area contributed by atoms with Gasteiger partial charge >= 0.3 is 5.69 Å². The number of hydrogen-bond donors (Lipinski definition) is 1. The summed E-state index contributed by atoms with van der Waals surface area (Å²) in [4.78, 5) is 9.94. The van der Waals surface area contributed by atoms with Gasteiger partial charge in [-0.15, -0.1) is 0 Å². The van der Waals surface area contributed by atoms with Crippen molar-refractivity contribution in [2.45, 2.75) is 37.9 Å². The van der Waals surface area contributed by atoms with Crippen molar-refractivity contribution >= 4 is 5.69 Å². The zero-order valence-corrected chi connectivity index (χ0v) is 10.0. The molecule has 19 heavy (non-hydrogen) atoms. The zero-order chi connectivity index (χ0) is 14.0. The van der Waals surface area contributed by atoms with E-state index in [4.69, 9.17) is 4.74 Å². The number of nitrogens with zero attached hydrogens (tertiary/aromatic N) is 1. The van der Waals surface area contributed by atoms with E-state index in [0.717, 1.165) is 18.9 Å². The predicted octanol–water partition coefficient (Wildman–Crippen LogP) is 2.56. The third kappa shape index (κ3) is 2.81. The minimum atomic E-state index is -1.40. The first-order chi connectivity index (χ1) is 9.00.